The Morgan fingerprint density at radius 2 is 1.64 bits per heavy atom. The van der Waals surface area contributed by atoms with Gasteiger partial charge in [0.15, 0.2) is 17.4 Å². The maximum Gasteiger partial charge on any atom is 0.350 e. The minimum atomic E-state index is -1.07. The number of ether oxygens (including phenoxy) is 2. The van der Waals surface area contributed by atoms with Gasteiger partial charge < -0.3 is 9.47 Å². The van der Waals surface area contributed by atoms with E-state index in [1.54, 1.807) is 19.1 Å². The summed E-state index contributed by atoms with van der Waals surface area (Å²) in [5.41, 5.74) is -0.571. The number of halogens is 2. The number of ketones is 1. The van der Waals surface area contributed by atoms with Crippen LogP contribution in [-0.2, 0) is 9.53 Å². The molecule has 0 unspecified atom stereocenters. The zero-order chi connectivity index (χ0) is 18.0. The zero-order valence-corrected chi connectivity index (χ0v) is 13.6. The summed E-state index contributed by atoms with van der Waals surface area (Å²) < 4.78 is 36.9. The summed E-state index contributed by atoms with van der Waals surface area (Å²) in [6.45, 7) is 2.01. The van der Waals surface area contributed by atoms with Crippen molar-refractivity contribution in [2.75, 3.05) is 6.61 Å². The lowest BCUT2D eigenvalue weighted by molar-refractivity contribution is -0.153. The van der Waals surface area contributed by atoms with Gasteiger partial charge >= 0.3 is 5.97 Å². The average molecular weight is 346 g/mol. The normalized spacial score (nSPS) is 14.7. The Morgan fingerprint density at radius 3 is 2.20 bits per heavy atom. The van der Waals surface area contributed by atoms with Crippen LogP contribution < -0.4 is 4.74 Å². The Labute approximate surface area is 143 Å². The van der Waals surface area contributed by atoms with Crippen molar-refractivity contribution < 1.29 is 27.8 Å². The number of carbonyl (C=O) groups excluding carboxylic acids is 2. The average Bonchev–Trinajstić information content (AvgIpc) is 3.38. The highest BCUT2D eigenvalue weighted by atomic mass is 19.2. The molecule has 6 heteroatoms. The van der Waals surface area contributed by atoms with Gasteiger partial charge in [0.25, 0.3) is 0 Å². The fourth-order valence-electron chi connectivity index (χ4n) is 2.43. The highest BCUT2D eigenvalue weighted by molar-refractivity contribution is 6.09. The summed E-state index contributed by atoms with van der Waals surface area (Å²) in [5, 5.41) is 0. The van der Waals surface area contributed by atoms with Crippen LogP contribution in [0.1, 0.15) is 35.7 Å². The lowest BCUT2D eigenvalue weighted by Crippen LogP contribution is -2.31. The molecule has 0 spiro atoms. The fraction of sp³-hybridized carbons (Fsp3) is 0.263. The number of rotatable bonds is 6. The van der Waals surface area contributed by atoms with Crippen LogP contribution in [0.15, 0.2) is 42.5 Å². The van der Waals surface area contributed by atoms with E-state index in [2.05, 4.69) is 0 Å². The molecule has 0 atom stereocenters. The van der Waals surface area contributed by atoms with E-state index in [0.29, 0.717) is 24.2 Å². The van der Waals surface area contributed by atoms with Crippen LogP contribution >= 0.6 is 0 Å². The molecule has 25 heavy (non-hydrogen) atoms. The maximum atomic E-state index is 13.3. The van der Waals surface area contributed by atoms with Crippen molar-refractivity contribution in [2.24, 2.45) is 0 Å². The standard InChI is InChI=1S/C19H16F2O4/c1-2-24-18(23)19(9-10-19)25-14-6-3-12(4-7-14)17(22)13-5-8-15(20)16(21)11-13/h3-8,11H,2,9-10H2,1H3. The molecule has 0 amide bonds. The van der Waals surface area contributed by atoms with Crippen molar-refractivity contribution in [3.05, 3.63) is 65.2 Å². The van der Waals surface area contributed by atoms with Gasteiger partial charge in [-0.05, 0) is 49.4 Å². The van der Waals surface area contributed by atoms with Crippen LogP contribution in [0.2, 0.25) is 0 Å². The first-order chi connectivity index (χ1) is 11.9. The molecule has 1 aliphatic rings. The minimum Gasteiger partial charge on any atom is -0.476 e. The highest BCUT2D eigenvalue weighted by Gasteiger charge is 2.54. The molecule has 2 aromatic rings. The second-order valence-electron chi connectivity index (χ2n) is 5.80. The van der Waals surface area contributed by atoms with Crippen LogP contribution in [0.25, 0.3) is 0 Å². The third-order valence-corrected chi connectivity index (χ3v) is 3.96. The van der Waals surface area contributed by atoms with Gasteiger partial charge in [-0.3, -0.25) is 4.79 Å². The third-order valence-electron chi connectivity index (χ3n) is 3.96. The van der Waals surface area contributed by atoms with Gasteiger partial charge in [0.05, 0.1) is 6.61 Å². The molecule has 2 aromatic carbocycles. The van der Waals surface area contributed by atoms with Crippen LogP contribution in [0.5, 0.6) is 5.75 Å². The fourth-order valence-corrected chi connectivity index (χ4v) is 2.43. The Hall–Kier alpha value is -2.76. The Bertz CT molecular complexity index is 811. The molecule has 3 rings (SSSR count). The van der Waals surface area contributed by atoms with Crippen LogP contribution in [-0.4, -0.2) is 24.0 Å². The summed E-state index contributed by atoms with van der Waals surface area (Å²) in [5.74, 6) is -2.47. The van der Waals surface area contributed by atoms with Gasteiger partial charge in [0, 0.05) is 24.0 Å². The van der Waals surface area contributed by atoms with Crippen molar-refractivity contribution in [3.8, 4) is 5.75 Å². The lowest BCUT2D eigenvalue weighted by atomic mass is 10.0. The monoisotopic (exact) mass is 346 g/mol. The van der Waals surface area contributed by atoms with Gasteiger partial charge in [-0.25, -0.2) is 13.6 Å². The van der Waals surface area contributed by atoms with Crippen LogP contribution in [0.3, 0.4) is 0 Å². The van der Waals surface area contributed by atoms with E-state index < -0.39 is 29.0 Å². The second-order valence-corrected chi connectivity index (χ2v) is 5.80. The largest absolute Gasteiger partial charge is 0.476 e. The van der Waals surface area contributed by atoms with E-state index in [0.717, 1.165) is 12.1 Å². The van der Waals surface area contributed by atoms with Crippen molar-refractivity contribution in [1.82, 2.24) is 0 Å². The van der Waals surface area contributed by atoms with Crippen molar-refractivity contribution in [3.63, 3.8) is 0 Å². The summed E-state index contributed by atoms with van der Waals surface area (Å²) in [4.78, 5) is 24.2. The van der Waals surface area contributed by atoms with Crippen LogP contribution in [0, 0.1) is 11.6 Å². The number of benzene rings is 2. The summed E-state index contributed by atoms with van der Waals surface area (Å²) >= 11 is 0. The van der Waals surface area contributed by atoms with Gasteiger partial charge in [-0.15, -0.1) is 0 Å². The van der Waals surface area contributed by atoms with E-state index in [-0.39, 0.29) is 12.2 Å². The smallest absolute Gasteiger partial charge is 0.350 e. The highest BCUT2D eigenvalue weighted by Crippen LogP contribution is 2.41. The molecular weight excluding hydrogens is 330 g/mol. The molecule has 0 N–H and O–H groups in total. The lowest BCUT2D eigenvalue weighted by Gasteiger charge is -2.16. The van der Waals surface area contributed by atoms with E-state index in [1.165, 1.54) is 18.2 Å². The molecule has 0 saturated heterocycles. The van der Waals surface area contributed by atoms with E-state index >= 15 is 0 Å². The number of esters is 1. The maximum absolute atomic E-state index is 13.3. The van der Waals surface area contributed by atoms with E-state index in [9.17, 15) is 18.4 Å². The van der Waals surface area contributed by atoms with Crippen molar-refractivity contribution in [2.45, 2.75) is 25.4 Å². The molecule has 1 fully saturated rings. The van der Waals surface area contributed by atoms with Crippen molar-refractivity contribution in [1.29, 1.82) is 0 Å². The summed E-state index contributed by atoms with van der Waals surface area (Å²) in [6, 6.07) is 9.16. The molecule has 130 valence electrons. The first-order valence-corrected chi connectivity index (χ1v) is 7.91. The van der Waals surface area contributed by atoms with E-state index in [1.807, 2.05) is 0 Å². The molecule has 0 aromatic heterocycles. The number of hydrogen-bond donors (Lipinski definition) is 0. The molecule has 0 heterocycles. The number of hydrogen-bond acceptors (Lipinski definition) is 4. The first-order valence-electron chi connectivity index (χ1n) is 7.91. The third kappa shape index (κ3) is 3.52. The Balaban J connectivity index is 1.73. The SMILES string of the molecule is CCOC(=O)C1(Oc2ccc(C(=O)c3ccc(F)c(F)c3)cc2)CC1. The quantitative estimate of drug-likeness (QED) is 0.592. The molecule has 0 aliphatic heterocycles. The minimum absolute atomic E-state index is 0.0535. The van der Waals surface area contributed by atoms with Gasteiger partial charge in [-0.1, -0.05) is 0 Å². The molecule has 1 saturated carbocycles. The molecular formula is C19H16F2O4. The Morgan fingerprint density at radius 1 is 1.00 bits per heavy atom. The predicted molar refractivity (Wildman–Crippen MR) is 85.5 cm³/mol. The number of carbonyl (C=O) groups is 2. The zero-order valence-electron chi connectivity index (χ0n) is 13.6. The molecule has 0 radical (unpaired) electrons. The first kappa shape index (κ1) is 17.1. The van der Waals surface area contributed by atoms with Gasteiger partial charge in [0.2, 0.25) is 5.60 Å². The topological polar surface area (TPSA) is 52.6 Å². The Kier molecular flexibility index (Phi) is 4.53. The van der Waals surface area contributed by atoms with Crippen LogP contribution in [0.4, 0.5) is 8.78 Å². The van der Waals surface area contributed by atoms with Gasteiger partial charge in [-0.2, -0.15) is 0 Å². The molecule has 4 nitrogen and oxygen atoms in total. The molecule has 1 aliphatic carbocycles. The predicted octanol–water partition coefficient (Wildman–Crippen LogP) is 3.67. The van der Waals surface area contributed by atoms with Crippen molar-refractivity contribution >= 4 is 11.8 Å². The van der Waals surface area contributed by atoms with E-state index in [4.69, 9.17) is 9.47 Å². The summed E-state index contributed by atoms with van der Waals surface area (Å²) in [6.07, 6.45) is 1.17. The molecule has 0 bridgehead atoms. The van der Waals surface area contributed by atoms with Gasteiger partial charge in [0.1, 0.15) is 5.75 Å². The summed E-state index contributed by atoms with van der Waals surface area (Å²) in [7, 11) is 0. The second kappa shape index (κ2) is 6.63.